The number of nitrogens with one attached hydrogen (secondary N) is 1. The van der Waals surface area contributed by atoms with E-state index in [9.17, 15) is 4.79 Å². The van der Waals surface area contributed by atoms with Crippen molar-refractivity contribution >= 4 is 18.9 Å². The van der Waals surface area contributed by atoms with Gasteiger partial charge in [-0.15, -0.1) is 0 Å². The lowest BCUT2D eigenvalue weighted by Crippen LogP contribution is -2.33. The van der Waals surface area contributed by atoms with Gasteiger partial charge >= 0.3 is 0 Å². The van der Waals surface area contributed by atoms with Gasteiger partial charge in [0.15, 0.2) is 0 Å². The van der Waals surface area contributed by atoms with Crippen LogP contribution in [0.2, 0.25) is 0 Å². The summed E-state index contributed by atoms with van der Waals surface area (Å²) in [6.07, 6.45) is 7.73. The van der Waals surface area contributed by atoms with E-state index in [2.05, 4.69) is 19.2 Å². The van der Waals surface area contributed by atoms with Gasteiger partial charge < -0.3 is 10.1 Å². The number of ether oxygens (including phenoxy) is 1. The minimum atomic E-state index is -1.14. The van der Waals surface area contributed by atoms with E-state index >= 15 is 0 Å². The molecule has 1 aromatic rings. The first kappa shape index (κ1) is 18.3. The van der Waals surface area contributed by atoms with Crippen molar-refractivity contribution in [3.63, 3.8) is 0 Å². The van der Waals surface area contributed by atoms with Crippen molar-refractivity contribution < 1.29 is 9.53 Å². The number of hydrogen-bond acceptors (Lipinski definition) is 2. The predicted octanol–water partition coefficient (Wildman–Crippen LogP) is 4.86. The fourth-order valence-electron chi connectivity index (χ4n) is 3.83. The van der Waals surface area contributed by atoms with E-state index in [1.807, 2.05) is 26.0 Å². The maximum atomic E-state index is 12.9. The topological polar surface area (TPSA) is 38.3 Å². The van der Waals surface area contributed by atoms with Crippen molar-refractivity contribution in [2.45, 2.75) is 52.6 Å². The SMILES string of the molecule is CC[P+]1(C(C)C(=O)Nc2c(C)cc(OC)cc2C)CCCCC1. The van der Waals surface area contributed by atoms with Crippen LogP contribution in [0, 0.1) is 13.8 Å². The molecule has 1 saturated heterocycles. The largest absolute Gasteiger partial charge is 0.497 e. The molecule has 0 saturated carbocycles. The number of anilines is 1. The van der Waals surface area contributed by atoms with Gasteiger partial charge in [-0.05, 0) is 70.2 Å². The van der Waals surface area contributed by atoms with Crippen molar-refractivity contribution in [2.24, 2.45) is 0 Å². The molecule has 1 heterocycles. The van der Waals surface area contributed by atoms with Crippen LogP contribution in [-0.2, 0) is 4.79 Å². The second-order valence-corrected chi connectivity index (χ2v) is 11.6. The molecular weight excluding hydrogens is 305 g/mol. The zero-order valence-corrected chi connectivity index (χ0v) is 16.1. The first-order chi connectivity index (χ1) is 10.9. The van der Waals surface area contributed by atoms with Crippen LogP contribution in [-0.4, -0.2) is 37.2 Å². The maximum absolute atomic E-state index is 12.9. The van der Waals surface area contributed by atoms with Gasteiger partial charge in [0.25, 0.3) is 5.91 Å². The predicted molar refractivity (Wildman–Crippen MR) is 102 cm³/mol. The standard InChI is InChI=1S/C19H30NO2P/c1-6-23(10-8-7-9-11-23)16(4)19(21)20-18-14(2)12-17(22-5)13-15(18)3/h12-13,16H,6-11H2,1-5H3/p+1. The third-order valence-electron chi connectivity index (χ3n) is 5.53. The van der Waals surface area contributed by atoms with Gasteiger partial charge in [-0.2, -0.15) is 0 Å². The molecule has 1 aliphatic rings. The smallest absolute Gasteiger partial charge is 0.264 e. The fraction of sp³-hybridized carbons (Fsp3) is 0.632. The van der Waals surface area contributed by atoms with E-state index < -0.39 is 7.26 Å². The molecule has 0 radical (unpaired) electrons. The maximum Gasteiger partial charge on any atom is 0.264 e. The molecule has 1 aliphatic heterocycles. The Balaban J connectivity index is 2.18. The molecule has 0 bridgehead atoms. The fourth-order valence-corrected chi connectivity index (χ4v) is 8.28. The van der Waals surface area contributed by atoms with E-state index in [-0.39, 0.29) is 11.6 Å². The summed E-state index contributed by atoms with van der Waals surface area (Å²) in [4.78, 5) is 12.9. The van der Waals surface area contributed by atoms with Crippen LogP contribution in [0.1, 0.15) is 44.2 Å². The van der Waals surface area contributed by atoms with Crippen LogP contribution in [0.5, 0.6) is 5.75 Å². The normalized spacial score (nSPS) is 18.3. The summed E-state index contributed by atoms with van der Waals surface area (Å²) >= 11 is 0. The molecule has 128 valence electrons. The Morgan fingerprint density at radius 2 is 1.78 bits per heavy atom. The number of rotatable bonds is 5. The Labute approximate surface area is 141 Å². The van der Waals surface area contributed by atoms with Gasteiger partial charge in [0.1, 0.15) is 11.4 Å². The van der Waals surface area contributed by atoms with Crippen LogP contribution in [0.15, 0.2) is 12.1 Å². The molecule has 1 aromatic carbocycles. The Kier molecular flexibility index (Phi) is 6.08. The minimum Gasteiger partial charge on any atom is -0.497 e. The van der Waals surface area contributed by atoms with Gasteiger partial charge in [-0.1, -0.05) is 0 Å². The first-order valence-electron chi connectivity index (χ1n) is 8.75. The lowest BCUT2D eigenvalue weighted by Gasteiger charge is -2.34. The highest BCUT2D eigenvalue weighted by molar-refractivity contribution is 7.77. The number of aryl methyl sites for hydroxylation is 2. The van der Waals surface area contributed by atoms with E-state index in [4.69, 9.17) is 4.74 Å². The van der Waals surface area contributed by atoms with Gasteiger partial charge in [0.05, 0.1) is 25.6 Å². The first-order valence-corrected chi connectivity index (χ1v) is 11.2. The Morgan fingerprint density at radius 1 is 1.22 bits per heavy atom. The number of methoxy groups -OCH3 is 1. The molecule has 4 heteroatoms. The lowest BCUT2D eigenvalue weighted by atomic mass is 10.1. The zero-order chi connectivity index (χ0) is 17.0. The van der Waals surface area contributed by atoms with Gasteiger partial charge in [-0.3, -0.25) is 4.79 Å². The van der Waals surface area contributed by atoms with Crippen LogP contribution < -0.4 is 10.1 Å². The highest BCUT2D eigenvalue weighted by Gasteiger charge is 2.46. The highest BCUT2D eigenvalue weighted by atomic mass is 31.2. The summed E-state index contributed by atoms with van der Waals surface area (Å²) in [5.41, 5.74) is 3.24. The van der Waals surface area contributed by atoms with Crippen molar-refractivity contribution in [1.82, 2.24) is 0 Å². The number of hydrogen-bond donors (Lipinski definition) is 1. The number of carbonyl (C=O) groups is 1. The second-order valence-electron chi connectivity index (χ2n) is 6.84. The lowest BCUT2D eigenvalue weighted by molar-refractivity contribution is -0.115. The molecule has 2 rings (SSSR count). The summed E-state index contributed by atoms with van der Waals surface area (Å²) in [7, 11) is 0.536. The van der Waals surface area contributed by atoms with E-state index in [1.54, 1.807) is 7.11 Å². The number of carbonyl (C=O) groups excluding carboxylic acids is 1. The average molecular weight is 336 g/mol. The third kappa shape index (κ3) is 3.88. The molecule has 3 nitrogen and oxygen atoms in total. The van der Waals surface area contributed by atoms with E-state index in [1.165, 1.54) is 37.7 Å². The Bertz CT molecular complexity index is 541. The molecule has 23 heavy (non-hydrogen) atoms. The van der Waals surface area contributed by atoms with E-state index in [0.717, 1.165) is 22.6 Å². The molecular formula is C19H31NO2P+. The molecule has 1 unspecified atom stereocenters. The molecule has 0 aliphatic carbocycles. The monoisotopic (exact) mass is 336 g/mol. The summed E-state index contributed by atoms with van der Waals surface area (Å²) < 4.78 is 5.30. The van der Waals surface area contributed by atoms with Crippen LogP contribution in [0.25, 0.3) is 0 Å². The summed E-state index contributed by atoms with van der Waals surface area (Å²) in [6.45, 7) is 8.50. The summed E-state index contributed by atoms with van der Waals surface area (Å²) in [5.74, 6) is 1.05. The molecule has 1 atom stereocenters. The highest BCUT2D eigenvalue weighted by Crippen LogP contribution is 2.65. The Morgan fingerprint density at radius 3 is 2.26 bits per heavy atom. The molecule has 1 fully saturated rings. The van der Waals surface area contributed by atoms with E-state index in [0.29, 0.717) is 0 Å². The molecule has 1 N–H and O–H groups in total. The zero-order valence-electron chi connectivity index (χ0n) is 15.2. The second kappa shape index (κ2) is 7.66. The van der Waals surface area contributed by atoms with Crippen molar-refractivity contribution in [1.29, 1.82) is 0 Å². The quantitative estimate of drug-likeness (QED) is 0.780. The number of benzene rings is 1. The molecule has 0 aromatic heterocycles. The van der Waals surface area contributed by atoms with Crippen LogP contribution in [0.4, 0.5) is 5.69 Å². The van der Waals surface area contributed by atoms with Crippen molar-refractivity contribution in [2.75, 3.05) is 30.9 Å². The minimum absolute atomic E-state index is 0.161. The molecule has 0 spiro atoms. The van der Waals surface area contributed by atoms with Gasteiger partial charge in [-0.25, -0.2) is 0 Å². The van der Waals surface area contributed by atoms with Gasteiger partial charge in [0.2, 0.25) is 0 Å². The molecule has 1 amide bonds. The number of amides is 1. The third-order valence-corrected chi connectivity index (χ3v) is 11.1. The van der Waals surface area contributed by atoms with Crippen molar-refractivity contribution in [3.8, 4) is 5.75 Å². The van der Waals surface area contributed by atoms with Crippen molar-refractivity contribution in [3.05, 3.63) is 23.3 Å². The Hall–Kier alpha value is -1.08. The summed E-state index contributed by atoms with van der Waals surface area (Å²) in [5, 5.41) is 3.22. The van der Waals surface area contributed by atoms with Crippen LogP contribution >= 0.6 is 7.26 Å². The summed E-state index contributed by atoms with van der Waals surface area (Å²) in [6, 6.07) is 3.97. The van der Waals surface area contributed by atoms with Gasteiger partial charge in [0, 0.05) is 12.9 Å². The van der Waals surface area contributed by atoms with Crippen LogP contribution in [0.3, 0.4) is 0 Å². The average Bonchev–Trinajstić information content (AvgIpc) is 2.57.